The second kappa shape index (κ2) is 7.93. The number of terminal acetylenes is 1. The molecule has 0 unspecified atom stereocenters. The number of aromatic nitrogens is 2. The predicted molar refractivity (Wildman–Crippen MR) is 94.1 cm³/mol. The van der Waals surface area contributed by atoms with Gasteiger partial charge in [-0.15, -0.1) is 16.6 Å². The lowest BCUT2D eigenvalue weighted by molar-refractivity contribution is 0.259. The molecule has 0 aliphatic carbocycles. The van der Waals surface area contributed by atoms with Crippen LogP contribution in [0.2, 0.25) is 5.02 Å². The van der Waals surface area contributed by atoms with Gasteiger partial charge < -0.3 is 4.42 Å². The molecule has 0 atom stereocenters. The van der Waals surface area contributed by atoms with Crippen molar-refractivity contribution in [3.05, 3.63) is 70.8 Å². The van der Waals surface area contributed by atoms with E-state index in [0.717, 1.165) is 11.1 Å². The minimum Gasteiger partial charge on any atom is -0.419 e. The summed E-state index contributed by atoms with van der Waals surface area (Å²) >= 11 is 5.88. The topological polar surface area (TPSA) is 42.2 Å². The second-order valence-electron chi connectivity index (χ2n) is 5.48. The average Bonchev–Trinajstić information content (AvgIpc) is 3.06. The van der Waals surface area contributed by atoms with Crippen LogP contribution in [0.1, 0.15) is 11.5 Å². The largest absolute Gasteiger partial charge is 0.419 e. The lowest BCUT2D eigenvalue weighted by Gasteiger charge is -2.17. The summed E-state index contributed by atoms with van der Waals surface area (Å²) in [5.41, 5.74) is 1.75. The van der Waals surface area contributed by atoms with E-state index >= 15 is 0 Å². The quantitative estimate of drug-likeness (QED) is 0.622. The Labute approximate surface area is 150 Å². The molecule has 2 aromatic carbocycles. The molecule has 0 N–H and O–H groups in total. The third-order valence-corrected chi connectivity index (χ3v) is 3.80. The molecule has 0 bridgehead atoms. The van der Waals surface area contributed by atoms with E-state index < -0.39 is 0 Å². The van der Waals surface area contributed by atoms with Crippen molar-refractivity contribution < 1.29 is 8.81 Å². The van der Waals surface area contributed by atoms with Gasteiger partial charge in [0.15, 0.2) is 0 Å². The Bertz CT molecular complexity index is 869. The summed E-state index contributed by atoms with van der Waals surface area (Å²) in [4.78, 5) is 1.96. The fraction of sp³-hybridized carbons (Fsp3) is 0.158. The molecule has 0 radical (unpaired) electrons. The Balaban J connectivity index is 1.71. The molecule has 0 saturated heterocycles. The summed E-state index contributed by atoms with van der Waals surface area (Å²) in [6.45, 7) is 1.38. The van der Waals surface area contributed by atoms with Crippen LogP contribution in [0.5, 0.6) is 0 Å². The molecular weight excluding hydrogens is 341 g/mol. The molecule has 3 rings (SSSR count). The maximum Gasteiger partial charge on any atom is 0.247 e. The van der Waals surface area contributed by atoms with Gasteiger partial charge in [-0.1, -0.05) is 29.7 Å². The van der Waals surface area contributed by atoms with Crippen molar-refractivity contribution in [2.24, 2.45) is 0 Å². The monoisotopic (exact) mass is 355 g/mol. The van der Waals surface area contributed by atoms with Crippen molar-refractivity contribution in [1.29, 1.82) is 0 Å². The Hall–Kier alpha value is -2.68. The van der Waals surface area contributed by atoms with E-state index in [0.29, 0.717) is 36.4 Å². The molecule has 0 aliphatic rings. The molecule has 0 aliphatic heterocycles. The van der Waals surface area contributed by atoms with Crippen LogP contribution < -0.4 is 0 Å². The van der Waals surface area contributed by atoms with Gasteiger partial charge in [-0.05, 0) is 42.0 Å². The van der Waals surface area contributed by atoms with Gasteiger partial charge in [-0.2, -0.15) is 0 Å². The zero-order valence-electron chi connectivity index (χ0n) is 13.3. The highest BCUT2D eigenvalue weighted by atomic mass is 35.5. The van der Waals surface area contributed by atoms with Crippen LogP contribution in [0.3, 0.4) is 0 Å². The molecule has 0 saturated carbocycles. The summed E-state index contributed by atoms with van der Waals surface area (Å²) < 4.78 is 18.7. The summed E-state index contributed by atoms with van der Waals surface area (Å²) in [7, 11) is 0. The van der Waals surface area contributed by atoms with Crippen molar-refractivity contribution in [1.82, 2.24) is 15.1 Å². The van der Waals surface area contributed by atoms with Gasteiger partial charge in [-0.25, -0.2) is 4.39 Å². The Kier molecular flexibility index (Phi) is 5.44. The van der Waals surface area contributed by atoms with Crippen molar-refractivity contribution in [2.45, 2.75) is 13.1 Å². The van der Waals surface area contributed by atoms with Gasteiger partial charge in [-0.3, -0.25) is 4.90 Å². The van der Waals surface area contributed by atoms with Crippen LogP contribution in [0.25, 0.3) is 11.5 Å². The van der Waals surface area contributed by atoms with Crippen LogP contribution >= 0.6 is 11.6 Å². The van der Waals surface area contributed by atoms with Crippen molar-refractivity contribution in [2.75, 3.05) is 6.54 Å². The summed E-state index contributed by atoms with van der Waals surface area (Å²) in [6, 6.07) is 13.5. The average molecular weight is 356 g/mol. The van der Waals surface area contributed by atoms with Crippen molar-refractivity contribution in [3.8, 4) is 23.8 Å². The molecule has 126 valence electrons. The Morgan fingerprint density at radius 1 is 1.04 bits per heavy atom. The van der Waals surface area contributed by atoms with E-state index in [1.807, 2.05) is 17.0 Å². The third kappa shape index (κ3) is 4.66. The fourth-order valence-electron chi connectivity index (χ4n) is 2.36. The predicted octanol–water partition coefficient (Wildman–Crippen LogP) is 4.16. The highest BCUT2D eigenvalue weighted by Crippen LogP contribution is 2.21. The highest BCUT2D eigenvalue weighted by Gasteiger charge is 2.13. The molecule has 3 aromatic rings. The van der Waals surface area contributed by atoms with E-state index in [-0.39, 0.29) is 5.82 Å². The van der Waals surface area contributed by atoms with Crippen molar-refractivity contribution in [3.63, 3.8) is 0 Å². The minimum absolute atomic E-state index is 0.267. The standard InChI is InChI=1S/C19H15ClFN3O/c1-2-11-24(12-14-3-9-17(21)10-4-14)13-18-22-23-19(25-18)15-5-7-16(20)8-6-15/h1,3-10H,11-13H2. The summed E-state index contributed by atoms with van der Waals surface area (Å²) in [6.07, 6.45) is 5.44. The highest BCUT2D eigenvalue weighted by molar-refractivity contribution is 6.30. The van der Waals surface area contributed by atoms with E-state index in [4.69, 9.17) is 22.4 Å². The first-order valence-electron chi connectivity index (χ1n) is 7.62. The molecule has 0 amide bonds. The lowest BCUT2D eigenvalue weighted by Crippen LogP contribution is -2.23. The zero-order valence-corrected chi connectivity index (χ0v) is 14.1. The van der Waals surface area contributed by atoms with Gasteiger partial charge in [0.2, 0.25) is 11.8 Å². The molecule has 0 spiro atoms. The zero-order chi connectivity index (χ0) is 17.6. The minimum atomic E-state index is -0.267. The van der Waals surface area contributed by atoms with Gasteiger partial charge in [0.1, 0.15) is 5.82 Å². The number of hydrogen-bond acceptors (Lipinski definition) is 4. The smallest absolute Gasteiger partial charge is 0.247 e. The maximum absolute atomic E-state index is 13.0. The summed E-state index contributed by atoms with van der Waals surface area (Å²) in [5.74, 6) is 3.23. The molecular formula is C19H15ClFN3O. The Morgan fingerprint density at radius 2 is 1.76 bits per heavy atom. The van der Waals surface area contributed by atoms with E-state index in [2.05, 4.69) is 16.1 Å². The SMILES string of the molecule is C#CCN(Cc1ccc(F)cc1)Cc1nnc(-c2ccc(Cl)cc2)o1. The van der Waals surface area contributed by atoms with Gasteiger partial charge in [0.25, 0.3) is 0 Å². The van der Waals surface area contributed by atoms with Crippen LogP contribution in [0.4, 0.5) is 4.39 Å². The number of halogens is 2. The van der Waals surface area contributed by atoms with Crippen molar-refractivity contribution >= 4 is 11.6 Å². The summed E-state index contributed by atoms with van der Waals surface area (Å²) in [5, 5.41) is 8.77. The van der Waals surface area contributed by atoms with Gasteiger partial charge >= 0.3 is 0 Å². The molecule has 1 heterocycles. The van der Waals surface area contributed by atoms with Gasteiger partial charge in [0, 0.05) is 17.1 Å². The normalized spacial score (nSPS) is 10.8. The lowest BCUT2D eigenvalue weighted by atomic mass is 10.2. The molecule has 4 nitrogen and oxygen atoms in total. The van der Waals surface area contributed by atoms with Crippen LogP contribution in [-0.4, -0.2) is 21.6 Å². The maximum atomic E-state index is 13.0. The molecule has 0 fully saturated rings. The first-order valence-corrected chi connectivity index (χ1v) is 8.00. The first kappa shape index (κ1) is 17.2. The Morgan fingerprint density at radius 3 is 2.44 bits per heavy atom. The first-order chi connectivity index (χ1) is 12.1. The molecule has 25 heavy (non-hydrogen) atoms. The second-order valence-corrected chi connectivity index (χ2v) is 5.92. The molecule has 1 aromatic heterocycles. The fourth-order valence-corrected chi connectivity index (χ4v) is 2.49. The third-order valence-electron chi connectivity index (χ3n) is 3.55. The number of benzene rings is 2. The number of hydrogen-bond donors (Lipinski definition) is 0. The van der Waals surface area contributed by atoms with Crippen LogP contribution in [0, 0.1) is 18.2 Å². The number of nitrogens with zero attached hydrogens (tertiary/aromatic N) is 3. The van der Waals surface area contributed by atoms with E-state index in [1.165, 1.54) is 12.1 Å². The molecule has 6 heteroatoms. The van der Waals surface area contributed by atoms with E-state index in [9.17, 15) is 4.39 Å². The van der Waals surface area contributed by atoms with Crippen LogP contribution in [0.15, 0.2) is 52.9 Å². The van der Waals surface area contributed by atoms with E-state index in [1.54, 1.807) is 24.3 Å². The van der Waals surface area contributed by atoms with Gasteiger partial charge in [0.05, 0.1) is 13.1 Å². The van der Waals surface area contributed by atoms with Crippen LogP contribution in [-0.2, 0) is 13.1 Å². The number of rotatable bonds is 6.